The fourth-order valence-corrected chi connectivity index (χ4v) is 5.16. The van der Waals surface area contributed by atoms with Crippen LogP contribution in [0.25, 0.3) is 0 Å². The van der Waals surface area contributed by atoms with Crippen LogP contribution in [0.4, 0.5) is 0 Å². The molecule has 0 spiro atoms. The molecule has 0 aromatic heterocycles. The van der Waals surface area contributed by atoms with E-state index in [1.54, 1.807) is 14.2 Å². The Hall–Kier alpha value is -4.71. The Kier molecular flexibility index (Phi) is 6.22. The molecule has 0 fully saturated rings. The third-order valence-corrected chi connectivity index (χ3v) is 6.89. The molecule has 6 nitrogen and oxygen atoms in total. The molecule has 0 radical (unpaired) electrons. The summed E-state index contributed by atoms with van der Waals surface area (Å²) in [6, 6.07) is 36.4. The van der Waals surface area contributed by atoms with Crippen molar-refractivity contribution in [2.45, 2.75) is 5.79 Å². The van der Waals surface area contributed by atoms with Gasteiger partial charge in [-0.2, -0.15) is 0 Å². The van der Waals surface area contributed by atoms with Gasteiger partial charge in [-0.05, 0) is 24.3 Å². The average Bonchev–Trinajstić information content (AvgIpc) is 3.65. The van der Waals surface area contributed by atoms with Gasteiger partial charge in [-0.25, -0.2) is 9.98 Å². The van der Waals surface area contributed by atoms with E-state index in [-0.39, 0.29) is 0 Å². The minimum Gasteiger partial charge on any atom is -0.496 e. The van der Waals surface area contributed by atoms with Crippen molar-refractivity contribution in [1.29, 1.82) is 0 Å². The number of nitrogens with zero attached hydrogens (tertiary/aromatic N) is 4. The van der Waals surface area contributed by atoms with Crippen LogP contribution in [0, 0.1) is 0 Å². The smallest absolute Gasteiger partial charge is 0.260 e. The van der Waals surface area contributed by atoms with Gasteiger partial charge in [0.15, 0.2) is 0 Å². The zero-order valence-corrected chi connectivity index (χ0v) is 21.4. The summed E-state index contributed by atoms with van der Waals surface area (Å²) < 4.78 is 11.6. The summed E-state index contributed by atoms with van der Waals surface area (Å²) in [5.41, 5.74) is 5.42. The number of methoxy groups -OCH3 is 2. The van der Waals surface area contributed by atoms with Gasteiger partial charge >= 0.3 is 0 Å². The first-order valence-electron chi connectivity index (χ1n) is 12.6. The summed E-state index contributed by atoms with van der Waals surface area (Å²) in [6.07, 6.45) is 0. The van der Waals surface area contributed by atoms with Crippen molar-refractivity contribution in [3.05, 3.63) is 131 Å². The number of aliphatic imine (C=N–C) groups is 3. The average molecular weight is 501 g/mol. The van der Waals surface area contributed by atoms with Crippen LogP contribution in [-0.4, -0.2) is 49.5 Å². The molecule has 0 atom stereocenters. The Morgan fingerprint density at radius 3 is 1.76 bits per heavy atom. The lowest BCUT2D eigenvalue weighted by Gasteiger charge is -2.37. The molecular formula is C32H28N4O2. The summed E-state index contributed by atoms with van der Waals surface area (Å²) >= 11 is 0. The van der Waals surface area contributed by atoms with Gasteiger partial charge in [-0.15, -0.1) is 0 Å². The van der Waals surface area contributed by atoms with E-state index in [2.05, 4.69) is 29.2 Å². The molecule has 2 aliphatic rings. The minimum atomic E-state index is -1.13. The highest BCUT2D eigenvalue weighted by atomic mass is 16.5. The van der Waals surface area contributed by atoms with Crippen molar-refractivity contribution in [2.75, 3.05) is 27.3 Å². The van der Waals surface area contributed by atoms with Crippen LogP contribution in [-0.2, 0) is 5.79 Å². The molecule has 0 aliphatic carbocycles. The molecule has 188 valence electrons. The van der Waals surface area contributed by atoms with Gasteiger partial charge in [-0.1, -0.05) is 84.9 Å². The lowest BCUT2D eigenvalue weighted by Crippen LogP contribution is -2.45. The largest absolute Gasteiger partial charge is 0.496 e. The van der Waals surface area contributed by atoms with Crippen LogP contribution in [0.3, 0.4) is 0 Å². The van der Waals surface area contributed by atoms with Gasteiger partial charge in [-0.3, -0.25) is 4.99 Å². The van der Waals surface area contributed by atoms with Gasteiger partial charge in [0.2, 0.25) is 0 Å². The number of hydrogen-bond acceptors (Lipinski definition) is 6. The highest BCUT2D eigenvalue weighted by molar-refractivity contribution is 6.54. The maximum absolute atomic E-state index is 5.88. The first kappa shape index (κ1) is 23.7. The first-order chi connectivity index (χ1) is 18.7. The van der Waals surface area contributed by atoms with E-state index in [0.29, 0.717) is 18.8 Å². The molecule has 38 heavy (non-hydrogen) atoms. The molecule has 0 N–H and O–H groups in total. The minimum absolute atomic E-state index is 0.622. The maximum Gasteiger partial charge on any atom is 0.260 e. The van der Waals surface area contributed by atoms with Crippen LogP contribution >= 0.6 is 0 Å². The number of ether oxygens (including phenoxy) is 2. The van der Waals surface area contributed by atoms with E-state index in [4.69, 9.17) is 24.5 Å². The summed E-state index contributed by atoms with van der Waals surface area (Å²) in [4.78, 5) is 18.1. The zero-order valence-electron chi connectivity index (χ0n) is 21.4. The molecule has 0 amide bonds. The normalized spacial score (nSPS) is 16.1. The number of para-hydroxylation sites is 2. The van der Waals surface area contributed by atoms with Crippen LogP contribution in [0.1, 0.15) is 22.3 Å². The van der Waals surface area contributed by atoms with E-state index < -0.39 is 5.79 Å². The zero-order chi connectivity index (χ0) is 26.0. The molecular weight excluding hydrogens is 472 g/mol. The standard InChI is InChI=1S/C32H28N4O2/c1-37-27-19-11-9-17-25(27)31-33-21-22-36(31)32(26-18-10-12-20-28(26)38-2)34-29(23-13-5-3-6-14-23)30(35-32)24-15-7-4-8-16-24/h3-20H,21-22H2,1-2H3. The van der Waals surface area contributed by atoms with Crippen LogP contribution in [0.15, 0.2) is 124 Å². The van der Waals surface area contributed by atoms with Gasteiger partial charge in [0.05, 0.1) is 43.3 Å². The second-order valence-corrected chi connectivity index (χ2v) is 9.05. The third kappa shape index (κ3) is 3.95. The SMILES string of the molecule is COc1ccccc1C1=NCCN1C1(c2ccccc2OC)N=C(c2ccccc2)C(c2ccccc2)=N1. The monoisotopic (exact) mass is 500 g/mol. The van der Waals surface area contributed by atoms with Crippen LogP contribution in [0.5, 0.6) is 11.5 Å². The van der Waals surface area contributed by atoms with Crippen molar-refractivity contribution in [2.24, 2.45) is 15.0 Å². The van der Waals surface area contributed by atoms with Crippen molar-refractivity contribution in [1.82, 2.24) is 4.90 Å². The number of benzene rings is 4. The Bertz CT molecular complexity index is 1490. The Morgan fingerprint density at radius 1 is 0.632 bits per heavy atom. The summed E-state index contributed by atoms with van der Waals surface area (Å²) in [6.45, 7) is 1.26. The molecule has 2 heterocycles. The third-order valence-electron chi connectivity index (χ3n) is 6.89. The Morgan fingerprint density at radius 2 is 1.16 bits per heavy atom. The Balaban J connectivity index is 1.64. The van der Waals surface area contributed by atoms with Crippen molar-refractivity contribution < 1.29 is 9.47 Å². The van der Waals surface area contributed by atoms with E-state index in [1.165, 1.54) is 0 Å². The lowest BCUT2D eigenvalue weighted by atomic mass is 10.0. The summed E-state index contributed by atoms with van der Waals surface area (Å²) in [5.74, 6) is 1.14. The van der Waals surface area contributed by atoms with Crippen molar-refractivity contribution in [3.8, 4) is 11.5 Å². The molecule has 0 unspecified atom stereocenters. The lowest BCUT2D eigenvalue weighted by molar-refractivity contribution is 0.206. The molecule has 6 rings (SSSR count). The molecule has 0 bridgehead atoms. The molecule has 2 aliphatic heterocycles. The summed E-state index contributed by atoms with van der Waals surface area (Å²) in [7, 11) is 3.37. The van der Waals surface area contributed by atoms with E-state index in [9.17, 15) is 0 Å². The maximum atomic E-state index is 5.88. The van der Waals surface area contributed by atoms with Gasteiger partial charge < -0.3 is 14.4 Å². The number of hydrogen-bond donors (Lipinski definition) is 0. The fraction of sp³-hybridized carbons (Fsp3) is 0.156. The topological polar surface area (TPSA) is 58.8 Å². The van der Waals surface area contributed by atoms with E-state index in [0.717, 1.165) is 45.3 Å². The Labute approximate surface area is 222 Å². The van der Waals surface area contributed by atoms with E-state index in [1.807, 2.05) is 84.9 Å². The molecule has 6 heteroatoms. The van der Waals surface area contributed by atoms with Gasteiger partial charge in [0.25, 0.3) is 5.79 Å². The quantitative estimate of drug-likeness (QED) is 0.333. The predicted molar refractivity (Wildman–Crippen MR) is 152 cm³/mol. The number of rotatable bonds is 7. The number of amidine groups is 1. The second kappa shape index (κ2) is 9.98. The molecule has 0 saturated heterocycles. The molecule has 4 aromatic carbocycles. The summed E-state index contributed by atoms with van der Waals surface area (Å²) in [5, 5.41) is 0. The van der Waals surface area contributed by atoms with Crippen LogP contribution in [0.2, 0.25) is 0 Å². The molecule has 4 aromatic rings. The van der Waals surface area contributed by atoms with Crippen molar-refractivity contribution >= 4 is 17.3 Å². The first-order valence-corrected chi connectivity index (χ1v) is 12.6. The van der Waals surface area contributed by atoms with Gasteiger partial charge in [0.1, 0.15) is 17.3 Å². The second-order valence-electron chi connectivity index (χ2n) is 9.05. The highest BCUT2D eigenvalue weighted by Gasteiger charge is 2.48. The fourth-order valence-electron chi connectivity index (χ4n) is 5.16. The highest BCUT2D eigenvalue weighted by Crippen LogP contribution is 2.44. The van der Waals surface area contributed by atoms with E-state index >= 15 is 0 Å². The molecule has 0 saturated carbocycles. The van der Waals surface area contributed by atoms with Gasteiger partial charge in [0, 0.05) is 17.7 Å². The predicted octanol–water partition coefficient (Wildman–Crippen LogP) is 5.57. The van der Waals surface area contributed by atoms with Crippen LogP contribution < -0.4 is 9.47 Å². The van der Waals surface area contributed by atoms with Crippen molar-refractivity contribution in [3.63, 3.8) is 0 Å².